The van der Waals surface area contributed by atoms with Gasteiger partial charge in [0.15, 0.2) is 0 Å². The van der Waals surface area contributed by atoms with E-state index in [4.69, 9.17) is 4.74 Å². The maximum absolute atomic E-state index is 11.9. The topological polar surface area (TPSA) is 58.6 Å². The molecule has 0 aromatic rings. The fourth-order valence-corrected chi connectivity index (χ4v) is 2.54. The van der Waals surface area contributed by atoms with E-state index >= 15 is 0 Å². The Morgan fingerprint density at radius 1 is 1.20 bits per heavy atom. The number of rotatable bonds is 7. The molecule has 1 fully saturated rings. The standard InChI is InChI=1S/C15H28N2O3/c1-3-20-15(19)10-11-17(2)12-14(18)16-13-8-6-4-5-7-9-13/h13H,3-12H2,1-2H3,(H,16,18). The molecule has 1 rings (SSSR count). The van der Waals surface area contributed by atoms with Crippen LogP contribution in [0.5, 0.6) is 0 Å². The Balaban J connectivity index is 2.18. The van der Waals surface area contributed by atoms with Gasteiger partial charge in [-0.25, -0.2) is 0 Å². The molecule has 0 bridgehead atoms. The second-order valence-electron chi connectivity index (χ2n) is 5.55. The first-order valence-electron chi connectivity index (χ1n) is 7.75. The molecule has 5 nitrogen and oxygen atoms in total. The second kappa shape index (κ2) is 9.75. The van der Waals surface area contributed by atoms with E-state index in [2.05, 4.69) is 5.32 Å². The molecule has 0 saturated heterocycles. The van der Waals surface area contributed by atoms with Crippen molar-refractivity contribution in [3.8, 4) is 0 Å². The lowest BCUT2D eigenvalue weighted by atomic mass is 10.1. The third-order valence-electron chi connectivity index (χ3n) is 3.64. The zero-order valence-electron chi connectivity index (χ0n) is 12.8. The Morgan fingerprint density at radius 2 is 1.85 bits per heavy atom. The zero-order valence-corrected chi connectivity index (χ0v) is 12.8. The van der Waals surface area contributed by atoms with E-state index in [1.807, 2.05) is 11.9 Å². The Labute approximate surface area is 122 Å². The van der Waals surface area contributed by atoms with E-state index in [1.165, 1.54) is 25.7 Å². The fourth-order valence-electron chi connectivity index (χ4n) is 2.54. The molecule has 0 atom stereocenters. The van der Waals surface area contributed by atoms with Gasteiger partial charge in [-0.15, -0.1) is 0 Å². The van der Waals surface area contributed by atoms with Crippen LogP contribution in [0.3, 0.4) is 0 Å². The molecular weight excluding hydrogens is 256 g/mol. The summed E-state index contributed by atoms with van der Waals surface area (Å²) in [5.41, 5.74) is 0. The summed E-state index contributed by atoms with van der Waals surface area (Å²) in [4.78, 5) is 25.0. The van der Waals surface area contributed by atoms with Crippen molar-refractivity contribution < 1.29 is 14.3 Å². The van der Waals surface area contributed by atoms with Gasteiger partial charge in [0.05, 0.1) is 19.6 Å². The smallest absolute Gasteiger partial charge is 0.307 e. The molecule has 5 heteroatoms. The van der Waals surface area contributed by atoms with Gasteiger partial charge >= 0.3 is 5.97 Å². The molecule has 0 unspecified atom stereocenters. The molecule has 0 radical (unpaired) electrons. The van der Waals surface area contributed by atoms with Crippen LogP contribution in [0.4, 0.5) is 0 Å². The maximum atomic E-state index is 11.9. The van der Waals surface area contributed by atoms with Crippen molar-refractivity contribution in [2.24, 2.45) is 0 Å². The summed E-state index contributed by atoms with van der Waals surface area (Å²) in [5.74, 6) is -0.146. The number of nitrogens with zero attached hydrogens (tertiary/aromatic N) is 1. The monoisotopic (exact) mass is 284 g/mol. The zero-order chi connectivity index (χ0) is 14.8. The Hall–Kier alpha value is -1.10. The lowest BCUT2D eigenvalue weighted by molar-refractivity contribution is -0.143. The predicted molar refractivity (Wildman–Crippen MR) is 78.4 cm³/mol. The van der Waals surface area contributed by atoms with E-state index in [9.17, 15) is 9.59 Å². The Morgan fingerprint density at radius 3 is 2.45 bits per heavy atom. The van der Waals surface area contributed by atoms with E-state index in [0.29, 0.717) is 32.2 Å². The normalized spacial score (nSPS) is 16.8. The summed E-state index contributed by atoms with van der Waals surface area (Å²) in [6, 6.07) is 0.337. The van der Waals surface area contributed by atoms with Crippen LogP contribution in [0.15, 0.2) is 0 Å². The Bertz CT molecular complexity index is 299. The van der Waals surface area contributed by atoms with Gasteiger partial charge in [0.1, 0.15) is 0 Å². The SMILES string of the molecule is CCOC(=O)CCN(C)CC(=O)NC1CCCCCC1. The van der Waals surface area contributed by atoms with Crippen LogP contribution in [-0.4, -0.2) is 49.6 Å². The summed E-state index contributed by atoms with van der Waals surface area (Å²) < 4.78 is 4.87. The molecule has 0 aromatic carbocycles. The number of likely N-dealkylation sites (N-methyl/N-ethyl adjacent to an activating group) is 1. The first-order chi connectivity index (χ1) is 9.61. The number of ether oxygens (including phenoxy) is 1. The van der Waals surface area contributed by atoms with Crippen molar-refractivity contribution >= 4 is 11.9 Å². The molecule has 1 saturated carbocycles. The average Bonchev–Trinajstić information content (AvgIpc) is 2.65. The van der Waals surface area contributed by atoms with Gasteiger partial charge in [0, 0.05) is 12.6 Å². The highest BCUT2D eigenvalue weighted by atomic mass is 16.5. The minimum absolute atomic E-state index is 0.0586. The van der Waals surface area contributed by atoms with E-state index in [1.54, 1.807) is 6.92 Å². The number of carbonyl (C=O) groups excluding carboxylic acids is 2. The van der Waals surface area contributed by atoms with Gasteiger partial charge in [0.25, 0.3) is 0 Å². The van der Waals surface area contributed by atoms with Crippen LogP contribution < -0.4 is 5.32 Å². The van der Waals surface area contributed by atoms with Crippen molar-refractivity contribution in [2.75, 3.05) is 26.7 Å². The molecule has 1 N–H and O–H groups in total. The van der Waals surface area contributed by atoms with Crippen LogP contribution >= 0.6 is 0 Å². The highest BCUT2D eigenvalue weighted by Crippen LogP contribution is 2.17. The van der Waals surface area contributed by atoms with Crippen molar-refractivity contribution in [2.45, 2.75) is 57.9 Å². The van der Waals surface area contributed by atoms with Crippen LogP contribution in [0.2, 0.25) is 0 Å². The van der Waals surface area contributed by atoms with Crippen LogP contribution in [0, 0.1) is 0 Å². The minimum atomic E-state index is -0.205. The highest BCUT2D eigenvalue weighted by Gasteiger charge is 2.16. The van der Waals surface area contributed by atoms with Crippen LogP contribution in [0.25, 0.3) is 0 Å². The van der Waals surface area contributed by atoms with Crippen LogP contribution in [0.1, 0.15) is 51.9 Å². The van der Waals surface area contributed by atoms with Gasteiger partial charge in [-0.05, 0) is 26.8 Å². The number of esters is 1. The molecule has 1 amide bonds. The summed E-state index contributed by atoms with van der Waals surface area (Å²) in [7, 11) is 1.85. The third kappa shape index (κ3) is 7.48. The van der Waals surface area contributed by atoms with Crippen molar-refractivity contribution in [1.82, 2.24) is 10.2 Å². The lowest BCUT2D eigenvalue weighted by Crippen LogP contribution is -2.41. The molecule has 116 valence electrons. The summed E-state index contributed by atoms with van der Waals surface area (Å²) in [5, 5.41) is 3.11. The molecule has 0 spiro atoms. The number of nitrogens with one attached hydrogen (secondary N) is 1. The molecule has 1 aliphatic carbocycles. The fraction of sp³-hybridized carbons (Fsp3) is 0.867. The summed E-state index contributed by atoms with van der Waals surface area (Å²) in [6.07, 6.45) is 7.52. The number of hydrogen-bond donors (Lipinski definition) is 1. The van der Waals surface area contributed by atoms with Crippen LogP contribution in [-0.2, 0) is 14.3 Å². The van der Waals surface area contributed by atoms with E-state index in [-0.39, 0.29) is 11.9 Å². The number of amides is 1. The first-order valence-corrected chi connectivity index (χ1v) is 7.75. The Kier molecular flexibility index (Phi) is 8.26. The van der Waals surface area contributed by atoms with Gasteiger partial charge in [-0.1, -0.05) is 25.7 Å². The molecule has 0 heterocycles. The molecule has 0 aromatic heterocycles. The predicted octanol–water partition coefficient (Wildman–Crippen LogP) is 1.71. The quantitative estimate of drug-likeness (QED) is 0.571. The molecule has 20 heavy (non-hydrogen) atoms. The summed E-state index contributed by atoms with van der Waals surface area (Å²) >= 11 is 0. The maximum Gasteiger partial charge on any atom is 0.307 e. The van der Waals surface area contributed by atoms with Gasteiger partial charge < -0.3 is 10.1 Å². The highest BCUT2D eigenvalue weighted by molar-refractivity contribution is 5.78. The molecular formula is C15H28N2O3. The van der Waals surface area contributed by atoms with E-state index < -0.39 is 0 Å². The number of carbonyl (C=O) groups is 2. The lowest BCUT2D eigenvalue weighted by Gasteiger charge is -2.20. The first kappa shape index (κ1) is 17.0. The van der Waals surface area contributed by atoms with Crippen molar-refractivity contribution in [3.05, 3.63) is 0 Å². The number of hydrogen-bond acceptors (Lipinski definition) is 4. The van der Waals surface area contributed by atoms with Crippen molar-refractivity contribution in [3.63, 3.8) is 0 Å². The largest absolute Gasteiger partial charge is 0.466 e. The van der Waals surface area contributed by atoms with Crippen molar-refractivity contribution in [1.29, 1.82) is 0 Å². The molecule has 0 aliphatic heterocycles. The van der Waals surface area contributed by atoms with Gasteiger partial charge in [0.2, 0.25) is 5.91 Å². The third-order valence-corrected chi connectivity index (χ3v) is 3.64. The molecule has 1 aliphatic rings. The average molecular weight is 284 g/mol. The minimum Gasteiger partial charge on any atom is -0.466 e. The second-order valence-corrected chi connectivity index (χ2v) is 5.55. The van der Waals surface area contributed by atoms with Gasteiger partial charge in [-0.3, -0.25) is 14.5 Å². The summed E-state index contributed by atoms with van der Waals surface area (Å²) in [6.45, 7) is 3.10. The van der Waals surface area contributed by atoms with Gasteiger partial charge in [-0.2, -0.15) is 0 Å². The van der Waals surface area contributed by atoms with E-state index in [0.717, 1.165) is 12.8 Å².